The van der Waals surface area contributed by atoms with Gasteiger partial charge in [-0.1, -0.05) is 11.6 Å². The van der Waals surface area contributed by atoms with Crippen LogP contribution in [-0.4, -0.2) is 25.3 Å². The minimum atomic E-state index is -2.75. The number of pyridine rings is 1. The van der Waals surface area contributed by atoms with Gasteiger partial charge in [0, 0.05) is 17.0 Å². The number of aromatic nitrogens is 1. The van der Waals surface area contributed by atoms with Crippen LogP contribution in [0.15, 0.2) is 24.3 Å². The molecule has 1 aromatic carbocycles. The maximum absolute atomic E-state index is 6.25. The molecule has 1 heterocycles. The second kappa shape index (κ2) is 8.38. The Labute approximate surface area is 146 Å². The molecule has 23 heavy (non-hydrogen) atoms. The maximum Gasteiger partial charge on any atom is 0.327 e. The monoisotopic (exact) mass is 375 g/mol. The van der Waals surface area contributed by atoms with Gasteiger partial charge < -0.3 is 18.3 Å². The number of rotatable bonds is 8. The lowest BCUT2D eigenvalue weighted by Gasteiger charge is -2.20. The van der Waals surface area contributed by atoms with Crippen molar-refractivity contribution >= 4 is 41.0 Å². The summed E-state index contributed by atoms with van der Waals surface area (Å²) in [5, 5.41) is 1.30. The lowest BCUT2D eigenvalue weighted by molar-refractivity contribution is 0.161. The van der Waals surface area contributed by atoms with Crippen LogP contribution in [0.25, 0.3) is 10.9 Å². The predicted molar refractivity (Wildman–Crippen MR) is 95.6 cm³/mol. The molecule has 5 nitrogen and oxygen atoms in total. The Hall–Kier alpha value is -0.750. The molecule has 0 radical (unpaired) electrons. The summed E-state index contributed by atoms with van der Waals surface area (Å²) in [4.78, 5) is 4.38. The van der Waals surface area contributed by atoms with Crippen LogP contribution in [0.1, 0.15) is 19.4 Å². The van der Waals surface area contributed by atoms with E-state index >= 15 is 0 Å². The van der Waals surface area contributed by atoms with Crippen LogP contribution in [-0.2, 0) is 32.0 Å². The molecule has 0 unspecified atom stereocenters. The Bertz CT molecular complexity index is 718. The normalized spacial score (nSPS) is 11.8. The number of nitrogens with zero attached hydrogens (tertiary/aromatic N) is 1. The Morgan fingerprint density at radius 3 is 2.43 bits per heavy atom. The van der Waals surface area contributed by atoms with Crippen molar-refractivity contribution in [3.8, 4) is 5.75 Å². The number of benzene rings is 1. The maximum atomic E-state index is 6.25. The number of ether oxygens (including phenoxy) is 1. The molecule has 126 valence electrons. The second-order valence-corrected chi connectivity index (χ2v) is 7.92. The van der Waals surface area contributed by atoms with E-state index in [9.17, 15) is 0 Å². The van der Waals surface area contributed by atoms with Crippen molar-refractivity contribution in [1.82, 2.24) is 4.98 Å². The van der Waals surface area contributed by atoms with E-state index < -0.39 is 6.72 Å². The van der Waals surface area contributed by atoms with Gasteiger partial charge in [-0.3, -0.25) is 0 Å². The van der Waals surface area contributed by atoms with Gasteiger partial charge in [0.2, 0.25) is 0 Å². The zero-order chi connectivity index (χ0) is 16.9. The van der Waals surface area contributed by atoms with Crippen molar-refractivity contribution in [2.24, 2.45) is 0 Å². The Kier molecular flexibility index (Phi) is 6.77. The molecule has 0 amide bonds. The summed E-state index contributed by atoms with van der Waals surface area (Å²) in [6, 6.07) is 7.54. The highest BCUT2D eigenvalue weighted by atomic mass is 35.5. The lowest BCUT2D eigenvalue weighted by atomic mass is 10.1. The molecule has 0 spiro atoms. The van der Waals surface area contributed by atoms with E-state index in [1.165, 1.54) is 0 Å². The summed E-state index contributed by atoms with van der Waals surface area (Å²) in [5.41, 5.74) is 1.49. The summed E-state index contributed by atoms with van der Waals surface area (Å²) in [6.45, 7) is 1.99. The van der Waals surface area contributed by atoms with E-state index in [4.69, 9.17) is 41.7 Å². The second-order valence-electron chi connectivity index (χ2n) is 4.55. The number of methoxy groups -OCH3 is 1. The first kappa shape index (κ1) is 18.6. The standard InChI is InChI=1S/C15H19ClNO4PS/c1-4-19-22(23,20-5-2)21-10-12-8-11-6-7-13(18-3)9-14(11)17-15(12)16/h6-9H,4-5,10H2,1-3H3. The zero-order valence-corrected chi connectivity index (χ0v) is 15.7. The molecule has 0 bridgehead atoms. The third-order valence-electron chi connectivity index (χ3n) is 3.00. The predicted octanol–water partition coefficient (Wildman–Crippen LogP) is 4.71. The van der Waals surface area contributed by atoms with E-state index in [-0.39, 0.29) is 6.61 Å². The summed E-state index contributed by atoms with van der Waals surface area (Å²) in [7, 11) is 1.61. The highest BCUT2D eigenvalue weighted by Gasteiger charge is 2.20. The summed E-state index contributed by atoms with van der Waals surface area (Å²) >= 11 is 11.6. The third-order valence-corrected chi connectivity index (χ3v) is 5.87. The summed E-state index contributed by atoms with van der Waals surface area (Å²) in [6.07, 6.45) is 0. The molecular formula is C15H19ClNO4PS. The largest absolute Gasteiger partial charge is 0.497 e. The van der Waals surface area contributed by atoms with Gasteiger partial charge >= 0.3 is 6.72 Å². The number of hydrogen-bond acceptors (Lipinski definition) is 6. The molecule has 0 aliphatic heterocycles. The van der Waals surface area contributed by atoms with Crippen LogP contribution in [0, 0.1) is 0 Å². The zero-order valence-electron chi connectivity index (χ0n) is 13.2. The fourth-order valence-corrected chi connectivity index (χ4v) is 4.12. The van der Waals surface area contributed by atoms with Crippen LogP contribution < -0.4 is 4.74 Å². The van der Waals surface area contributed by atoms with Crippen molar-refractivity contribution < 1.29 is 18.3 Å². The number of fused-ring (bicyclic) bond motifs is 1. The molecule has 1 aromatic heterocycles. The van der Waals surface area contributed by atoms with Crippen LogP contribution >= 0.6 is 18.3 Å². The van der Waals surface area contributed by atoms with Crippen LogP contribution in [0.3, 0.4) is 0 Å². The molecular weight excluding hydrogens is 357 g/mol. The van der Waals surface area contributed by atoms with E-state index in [2.05, 4.69) is 4.98 Å². The van der Waals surface area contributed by atoms with Gasteiger partial charge in [0.15, 0.2) is 0 Å². The highest BCUT2D eigenvalue weighted by Crippen LogP contribution is 2.50. The van der Waals surface area contributed by atoms with Crippen LogP contribution in [0.4, 0.5) is 0 Å². The van der Waals surface area contributed by atoms with E-state index in [0.717, 1.165) is 22.2 Å². The Balaban J connectivity index is 2.22. The molecule has 2 aromatic rings. The van der Waals surface area contributed by atoms with Crippen molar-refractivity contribution in [2.45, 2.75) is 20.5 Å². The average molecular weight is 376 g/mol. The third kappa shape index (κ3) is 4.86. The first-order chi connectivity index (χ1) is 11.0. The molecule has 0 saturated heterocycles. The topological polar surface area (TPSA) is 49.8 Å². The number of hydrogen-bond donors (Lipinski definition) is 0. The fourth-order valence-electron chi connectivity index (χ4n) is 1.97. The molecule has 0 fully saturated rings. The highest BCUT2D eigenvalue weighted by molar-refractivity contribution is 8.07. The van der Waals surface area contributed by atoms with Gasteiger partial charge in [-0.25, -0.2) is 4.98 Å². The molecule has 8 heteroatoms. The van der Waals surface area contributed by atoms with Crippen molar-refractivity contribution in [1.29, 1.82) is 0 Å². The molecule has 0 N–H and O–H groups in total. The smallest absolute Gasteiger partial charge is 0.327 e. The van der Waals surface area contributed by atoms with E-state index in [1.54, 1.807) is 7.11 Å². The van der Waals surface area contributed by atoms with Gasteiger partial charge in [0.05, 0.1) is 32.4 Å². The van der Waals surface area contributed by atoms with E-state index in [0.29, 0.717) is 18.4 Å². The Morgan fingerprint density at radius 1 is 1.13 bits per heavy atom. The van der Waals surface area contributed by atoms with E-state index in [1.807, 2.05) is 38.1 Å². The average Bonchev–Trinajstić information content (AvgIpc) is 2.53. The van der Waals surface area contributed by atoms with Gasteiger partial charge in [-0.2, -0.15) is 0 Å². The van der Waals surface area contributed by atoms with Gasteiger partial charge in [-0.05, 0) is 43.9 Å². The quantitative estimate of drug-likeness (QED) is 0.492. The first-order valence-electron chi connectivity index (χ1n) is 7.18. The molecule has 0 aliphatic carbocycles. The van der Waals surface area contributed by atoms with Crippen molar-refractivity contribution in [3.05, 3.63) is 35.0 Å². The molecule has 2 rings (SSSR count). The van der Waals surface area contributed by atoms with Crippen molar-refractivity contribution in [2.75, 3.05) is 20.3 Å². The molecule has 0 saturated carbocycles. The summed E-state index contributed by atoms with van der Waals surface area (Å²) in [5.74, 6) is 0.730. The van der Waals surface area contributed by atoms with Crippen LogP contribution in [0.2, 0.25) is 5.15 Å². The lowest BCUT2D eigenvalue weighted by Crippen LogP contribution is -2.01. The van der Waals surface area contributed by atoms with Gasteiger partial charge in [-0.15, -0.1) is 0 Å². The molecule has 0 atom stereocenters. The van der Waals surface area contributed by atoms with Crippen molar-refractivity contribution in [3.63, 3.8) is 0 Å². The first-order valence-corrected chi connectivity index (χ1v) is 10.1. The minimum Gasteiger partial charge on any atom is -0.497 e. The SMILES string of the molecule is CCOP(=S)(OCC)OCc1cc2ccc(OC)cc2nc1Cl. The minimum absolute atomic E-state index is 0.186. The Morgan fingerprint density at radius 2 is 1.83 bits per heavy atom. The van der Waals surface area contributed by atoms with Crippen LogP contribution in [0.5, 0.6) is 5.75 Å². The molecule has 0 aliphatic rings. The fraction of sp³-hybridized carbons (Fsp3) is 0.400. The van der Waals surface area contributed by atoms with Gasteiger partial charge in [0.1, 0.15) is 10.9 Å². The summed E-state index contributed by atoms with van der Waals surface area (Å²) < 4.78 is 21.8. The van der Waals surface area contributed by atoms with Gasteiger partial charge in [0.25, 0.3) is 0 Å². The number of halogens is 1.